The monoisotopic (exact) mass is 496 g/mol. The molecule has 0 bridgehead atoms. The zero-order valence-electron chi connectivity index (χ0n) is 21.9. The minimum Gasteiger partial charge on any atom is -0.494 e. The fourth-order valence-electron chi connectivity index (χ4n) is 5.10. The van der Waals surface area contributed by atoms with Crippen molar-refractivity contribution in [1.82, 2.24) is 9.97 Å². The van der Waals surface area contributed by atoms with Gasteiger partial charge >= 0.3 is 0 Å². The van der Waals surface area contributed by atoms with Gasteiger partial charge in [-0.2, -0.15) is 0 Å². The molecule has 0 radical (unpaired) electrons. The quantitative estimate of drug-likeness (QED) is 0.240. The number of rotatable bonds is 5. The second-order valence-corrected chi connectivity index (χ2v) is 9.48. The third-order valence-electron chi connectivity index (χ3n) is 7.08. The van der Waals surface area contributed by atoms with Gasteiger partial charge in [0.25, 0.3) is 0 Å². The highest BCUT2D eigenvalue weighted by molar-refractivity contribution is 5.99. The van der Waals surface area contributed by atoms with Crippen LogP contribution in [-0.2, 0) is 0 Å². The minimum atomic E-state index is 0.791. The summed E-state index contributed by atoms with van der Waals surface area (Å²) in [4.78, 5) is 9.46. The zero-order valence-corrected chi connectivity index (χ0v) is 21.9. The number of hydrogen-bond acceptors (Lipinski definition) is 4. The van der Waals surface area contributed by atoms with Crippen LogP contribution in [-0.4, -0.2) is 24.2 Å². The first-order valence-corrected chi connectivity index (χ1v) is 12.7. The largest absolute Gasteiger partial charge is 0.494 e. The number of benzene rings is 4. The molecule has 0 fully saturated rings. The van der Waals surface area contributed by atoms with E-state index in [1.807, 2.05) is 38.1 Å². The molecule has 0 aliphatic heterocycles. The summed E-state index contributed by atoms with van der Waals surface area (Å²) in [5.41, 5.74) is 10.7. The summed E-state index contributed by atoms with van der Waals surface area (Å²) in [7, 11) is 3.38. The maximum absolute atomic E-state index is 5.56. The van der Waals surface area contributed by atoms with Crippen LogP contribution >= 0.6 is 0 Å². The van der Waals surface area contributed by atoms with Gasteiger partial charge in [-0.25, -0.2) is 9.97 Å². The first-order chi connectivity index (χ1) is 18.6. The SMILES string of the molecule is COc1ccc(-c2ccc(-c3ccc(-c4ccc(OC)c5nc(C)ccc45)cc3)cc2)c2ccc(C)nc12. The first-order valence-electron chi connectivity index (χ1n) is 12.7. The molecule has 0 aliphatic carbocycles. The van der Waals surface area contributed by atoms with E-state index in [0.29, 0.717) is 0 Å². The molecular formula is C34H28N2O2. The van der Waals surface area contributed by atoms with Crippen LogP contribution < -0.4 is 9.47 Å². The molecule has 0 spiro atoms. The van der Waals surface area contributed by atoms with Crippen molar-refractivity contribution in [1.29, 1.82) is 0 Å². The van der Waals surface area contributed by atoms with Crippen LogP contribution in [0.3, 0.4) is 0 Å². The van der Waals surface area contributed by atoms with Crippen molar-refractivity contribution >= 4 is 21.8 Å². The van der Waals surface area contributed by atoms with Crippen molar-refractivity contribution in [2.75, 3.05) is 14.2 Å². The van der Waals surface area contributed by atoms with Crippen LogP contribution in [0.4, 0.5) is 0 Å². The van der Waals surface area contributed by atoms with Gasteiger partial charge in [-0.3, -0.25) is 0 Å². The number of nitrogens with zero attached hydrogens (tertiary/aromatic N) is 2. The highest BCUT2D eigenvalue weighted by Crippen LogP contribution is 2.36. The zero-order chi connectivity index (χ0) is 26.2. The van der Waals surface area contributed by atoms with Crippen LogP contribution in [0.1, 0.15) is 11.4 Å². The Morgan fingerprint density at radius 2 is 0.789 bits per heavy atom. The van der Waals surface area contributed by atoms with E-state index < -0.39 is 0 Å². The van der Waals surface area contributed by atoms with Crippen molar-refractivity contribution < 1.29 is 9.47 Å². The second-order valence-electron chi connectivity index (χ2n) is 9.48. The van der Waals surface area contributed by atoms with E-state index in [4.69, 9.17) is 19.4 Å². The molecule has 0 unspecified atom stereocenters. The minimum absolute atomic E-state index is 0.791. The molecule has 2 aromatic heterocycles. The van der Waals surface area contributed by atoms with E-state index in [-0.39, 0.29) is 0 Å². The van der Waals surface area contributed by atoms with Gasteiger partial charge in [0.05, 0.1) is 14.2 Å². The van der Waals surface area contributed by atoms with Crippen molar-refractivity contribution in [3.63, 3.8) is 0 Å². The Morgan fingerprint density at radius 1 is 0.421 bits per heavy atom. The summed E-state index contributed by atoms with van der Waals surface area (Å²) in [5, 5.41) is 2.17. The van der Waals surface area contributed by atoms with Gasteiger partial charge in [-0.15, -0.1) is 0 Å². The van der Waals surface area contributed by atoms with Crippen LogP contribution in [0.5, 0.6) is 11.5 Å². The summed E-state index contributed by atoms with van der Waals surface area (Å²) in [5.74, 6) is 1.58. The van der Waals surface area contributed by atoms with Gasteiger partial charge in [-0.1, -0.05) is 60.7 Å². The molecule has 0 saturated carbocycles. The summed E-state index contributed by atoms with van der Waals surface area (Å²) >= 11 is 0. The molecule has 6 rings (SSSR count). The van der Waals surface area contributed by atoms with Gasteiger partial charge in [0.15, 0.2) is 0 Å². The topological polar surface area (TPSA) is 44.2 Å². The number of methoxy groups -OCH3 is 2. The molecular weight excluding hydrogens is 468 g/mol. The van der Waals surface area contributed by atoms with Crippen LogP contribution in [0, 0.1) is 13.8 Å². The van der Waals surface area contributed by atoms with E-state index >= 15 is 0 Å². The average Bonchev–Trinajstić information content (AvgIpc) is 2.96. The van der Waals surface area contributed by atoms with Crippen molar-refractivity contribution in [2.45, 2.75) is 13.8 Å². The van der Waals surface area contributed by atoms with Crippen LogP contribution in [0.25, 0.3) is 55.2 Å². The molecule has 0 amide bonds. The summed E-state index contributed by atoms with van der Waals surface area (Å²) in [6.07, 6.45) is 0. The summed E-state index contributed by atoms with van der Waals surface area (Å²) in [6.45, 7) is 4.00. The number of pyridine rings is 2. The first kappa shape index (κ1) is 23.7. The lowest BCUT2D eigenvalue weighted by atomic mass is 9.95. The predicted molar refractivity (Wildman–Crippen MR) is 156 cm³/mol. The predicted octanol–water partition coefficient (Wildman–Crippen LogP) is 8.42. The van der Waals surface area contributed by atoms with E-state index in [1.54, 1.807) is 14.2 Å². The highest BCUT2D eigenvalue weighted by Gasteiger charge is 2.12. The number of ether oxygens (including phenoxy) is 2. The molecule has 4 aromatic carbocycles. The Morgan fingerprint density at radius 3 is 1.16 bits per heavy atom. The van der Waals surface area contributed by atoms with Gasteiger partial charge in [0.1, 0.15) is 22.5 Å². The smallest absolute Gasteiger partial charge is 0.145 e. The molecule has 6 aromatic rings. The van der Waals surface area contributed by atoms with Crippen LogP contribution in [0.15, 0.2) is 97.1 Å². The molecule has 0 N–H and O–H groups in total. The highest BCUT2D eigenvalue weighted by atomic mass is 16.5. The maximum atomic E-state index is 5.56. The van der Waals surface area contributed by atoms with Gasteiger partial charge < -0.3 is 9.47 Å². The molecule has 38 heavy (non-hydrogen) atoms. The van der Waals surface area contributed by atoms with Gasteiger partial charge in [0, 0.05) is 22.2 Å². The normalized spacial score (nSPS) is 11.2. The Labute approximate surface area is 222 Å². The molecule has 4 heteroatoms. The fraction of sp³-hybridized carbons (Fsp3) is 0.118. The van der Waals surface area contributed by atoms with Crippen molar-refractivity contribution in [3.8, 4) is 44.9 Å². The molecule has 0 aliphatic rings. The maximum Gasteiger partial charge on any atom is 0.145 e. The van der Waals surface area contributed by atoms with Crippen LogP contribution in [0.2, 0.25) is 0 Å². The van der Waals surface area contributed by atoms with Crippen molar-refractivity contribution in [2.24, 2.45) is 0 Å². The Kier molecular flexibility index (Phi) is 6.01. The van der Waals surface area contributed by atoms with Crippen molar-refractivity contribution in [3.05, 3.63) is 108 Å². The molecule has 4 nitrogen and oxygen atoms in total. The third-order valence-corrected chi connectivity index (χ3v) is 7.08. The number of aromatic nitrogens is 2. The third kappa shape index (κ3) is 4.14. The lowest BCUT2D eigenvalue weighted by molar-refractivity contribution is 0.419. The Bertz CT molecular complexity index is 1650. The molecule has 0 atom stereocenters. The van der Waals surface area contributed by atoms with E-state index in [1.165, 1.54) is 11.1 Å². The Balaban J connectivity index is 1.33. The lowest BCUT2D eigenvalue weighted by Gasteiger charge is -2.12. The molecule has 186 valence electrons. The van der Waals surface area contributed by atoms with E-state index in [2.05, 4.69) is 72.8 Å². The van der Waals surface area contributed by atoms with E-state index in [0.717, 1.165) is 66.9 Å². The number of fused-ring (bicyclic) bond motifs is 2. The van der Waals surface area contributed by atoms with E-state index in [9.17, 15) is 0 Å². The Hall–Kier alpha value is -4.70. The van der Waals surface area contributed by atoms with Gasteiger partial charge in [-0.05, 0) is 83.6 Å². The second kappa shape index (κ2) is 9.64. The average molecular weight is 497 g/mol. The fourth-order valence-corrected chi connectivity index (χ4v) is 5.10. The summed E-state index contributed by atoms with van der Waals surface area (Å²) in [6, 6.07) is 34.0. The molecule has 0 saturated heterocycles. The number of aryl methyl sites for hydroxylation is 2. The van der Waals surface area contributed by atoms with Gasteiger partial charge in [0.2, 0.25) is 0 Å². The lowest BCUT2D eigenvalue weighted by Crippen LogP contribution is -1.92. The number of hydrogen-bond donors (Lipinski definition) is 0. The standard InChI is InChI=1S/C34H28N2O2/c1-21-5-15-29-27(17-19-31(37-3)33(29)35-21)25-11-7-23(8-12-25)24-9-13-26(14-10-24)28-18-20-32(38-4)34-30(28)16-6-22(2)36-34/h5-20H,1-4H3. The summed E-state index contributed by atoms with van der Waals surface area (Å²) < 4.78 is 11.1. The molecule has 2 heterocycles.